The third kappa shape index (κ3) is 3.63. The molecule has 0 radical (unpaired) electrons. The fourth-order valence-electron chi connectivity index (χ4n) is 3.59. The molecule has 0 spiro atoms. The van der Waals surface area contributed by atoms with Gasteiger partial charge in [0.1, 0.15) is 0 Å². The minimum Gasteiger partial charge on any atom is -0.389 e. The summed E-state index contributed by atoms with van der Waals surface area (Å²) in [4.78, 5) is 25.9. The molecule has 1 N–H and O–H groups in total. The number of hydrogen-bond donors (Lipinski definition) is 1. The molecule has 1 saturated heterocycles. The van der Waals surface area contributed by atoms with Crippen molar-refractivity contribution in [3.05, 3.63) is 34.9 Å². The zero-order valence-electron chi connectivity index (χ0n) is 13.5. The lowest BCUT2D eigenvalue weighted by molar-refractivity contribution is -0.142. The number of amides is 2. The predicted octanol–water partition coefficient (Wildman–Crippen LogP) is 2.39. The lowest BCUT2D eigenvalue weighted by Crippen LogP contribution is -2.39. The van der Waals surface area contributed by atoms with E-state index in [4.69, 9.17) is 16.3 Å². The van der Waals surface area contributed by atoms with Crippen molar-refractivity contribution in [2.75, 3.05) is 13.2 Å². The first kappa shape index (κ1) is 17.4. The van der Waals surface area contributed by atoms with E-state index in [1.807, 2.05) is 18.2 Å². The Balaban J connectivity index is 1.50. The SMILES string of the molecule is O=C1C2CCCCC2C(=O)N1CC(O)COCc1ccccc1Cl. The predicted molar refractivity (Wildman–Crippen MR) is 89.3 cm³/mol. The molecule has 5 nitrogen and oxygen atoms in total. The van der Waals surface area contributed by atoms with Gasteiger partial charge in [-0.1, -0.05) is 42.6 Å². The molecule has 1 heterocycles. The zero-order chi connectivity index (χ0) is 17.1. The number of nitrogens with zero attached hydrogens (tertiary/aromatic N) is 1. The summed E-state index contributed by atoms with van der Waals surface area (Å²) < 4.78 is 5.48. The summed E-state index contributed by atoms with van der Waals surface area (Å²) in [6.07, 6.45) is 2.67. The van der Waals surface area contributed by atoms with Crippen LogP contribution in [0.25, 0.3) is 0 Å². The molecule has 1 aromatic rings. The molecule has 2 fully saturated rings. The van der Waals surface area contributed by atoms with E-state index >= 15 is 0 Å². The van der Waals surface area contributed by atoms with Crippen LogP contribution >= 0.6 is 11.6 Å². The van der Waals surface area contributed by atoms with E-state index in [1.54, 1.807) is 6.07 Å². The number of likely N-dealkylation sites (tertiary alicyclic amines) is 1. The van der Waals surface area contributed by atoms with Crippen LogP contribution in [0.3, 0.4) is 0 Å². The van der Waals surface area contributed by atoms with Gasteiger partial charge in [0.25, 0.3) is 0 Å². The van der Waals surface area contributed by atoms with Gasteiger partial charge in [-0.15, -0.1) is 0 Å². The minimum atomic E-state index is -0.888. The van der Waals surface area contributed by atoms with E-state index in [-0.39, 0.29) is 43.4 Å². The number of halogens is 1. The summed E-state index contributed by atoms with van der Waals surface area (Å²) in [6, 6.07) is 7.34. The summed E-state index contributed by atoms with van der Waals surface area (Å²) in [5, 5.41) is 10.7. The van der Waals surface area contributed by atoms with E-state index in [0.717, 1.165) is 31.2 Å². The molecule has 0 aromatic heterocycles. The summed E-state index contributed by atoms with van der Waals surface area (Å²) in [5.41, 5.74) is 0.839. The first-order valence-corrected chi connectivity index (χ1v) is 8.80. The summed E-state index contributed by atoms with van der Waals surface area (Å²) in [5.74, 6) is -0.616. The van der Waals surface area contributed by atoms with Crippen molar-refractivity contribution >= 4 is 23.4 Å². The monoisotopic (exact) mass is 351 g/mol. The highest BCUT2D eigenvalue weighted by Gasteiger charge is 2.48. The molecular weight excluding hydrogens is 330 g/mol. The molecule has 2 amide bonds. The second kappa shape index (κ2) is 7.64. The number of rotatable bonds is 6. The van der Waals surface area contributed by atoms with Crippen LogP contribution in [0.2, 0.25) is 5.02 Å². The first-order chi connectivity index (χ1) is 11.6. The van der Waals surface area contributed by atoms with E-state index in [0.29, 0.717) is 5.02 Å². The molecule has 1 aromatic carbocycles. The Morgan fingerprint density at radius 1 is 1.17 bits per heavy atom. The number of ether oxygens (including phenoxy) is 1. The Kier molecular flexibility index (Phi) is 5.54. The number of carbonyl (C=O) groups excluding carboxylic acids is 2. The number of imide groups is 1. The van der Waals surface area contributed by atoms with Crippen molar-refractivity contribution in [3.8, 4) is 0 Å². The maximum Gasteiger partial charge on any atom is 0.233 e. The van der Waals surface area contributed by atoms with Crippen molar-refractivity contribution in [3.63, 3.8) is 0 Å². The second-order valence-corrected chi connectivity index (χ2v) is 6.95. The van der Waals surface area contributed by atoms with Gasteiger partial charge < -0.3 is 9.84 Å². The van der Waals surface area contributed by atoms with Crippen LogP contribution in [0.5, 0.6) is 0 Å². The molecule has 1 aliphatic carbocycles. The van der Waals surface area contributed by atoms with Gasteiger partial charge in [0, 0.05) is 5.02 Å². The normalized spacial score (nSPS) is 25.0. The molecule has 0 bridgehead atoms. The van der Waals surface area contributed by atoms with Gasteiger partial charge in [-0.25, -0.2) is 0 Å². The summed E-state index contributed by atoms with van der Waals surface area (Å²) in [7, 11) is 0. The Hall–Kier alpha value is -1.43. The van der Waals surface area contributed by atoms with E-state index < -0.39 is 6.10 Å². The Bertz CT molecular complexity index is 597. The highest BCUT2D eigenvalue weighted by Crippen LogP contribution is 2.37. The molecule has 130 valence electrons. The highest BCUT2D eigenvalue weighted by atomic mass is 35.5. The largest absolute Gasteiger partial charge is 0.389 e. The average Bonchev–Trinajstić information content (AvgIpc) is 2.82. The third-order valence-electron chi connectivity index (χ3n) is 4.85. The van der Waals surface area contributed by atoms with Crippen LogP contribution in [0.15, 0.2) is 24.3 Å². The van der Waals surface area contributed by atoms with Gasteiger partial charge in [0.05, 0.1) is 37.7 Å². The fraction of sp³-hybridized carbons (Fsp3) is 0.556. The summed E-state index contributed by atoms with van der Waals surface area (Å²) >= 11 is 6.05. The van der Waals surface area contributed by atoms with Gasteiger partial charge in [-0.3, -0.25) is 14.5 Å². The molecular formula is C18H22ClNO4. The lowest BCUT2D eigenvalue weighted by Gasteiger charge is -2.19. The van der Waals surface area contributed by atoms with Crippen LogP contribution in [0, 0.1) is 11.8 Å². The standard InChI is InChI=1S/C18H22ClNO4/c19-16-8-4-1-5-12(16)10-24-11-13(21)9-20-17(22)14-6-2-3-7-15(14)18(20)23/h1,4-5,8,13-15,21H,2-3,6-7,9-11H2. The maximum atomic E-state index is 12.4. The topological polar surface area (TPSA) is 66.8 Å². The molecule has 3 atom stereocenters. The van der Waals surface area contributed by atoms with Gasteiger partial charge >= 0.3 is 0 Å². The molecule has 2 aliphatic rings. The molecule has 24 heavy (non-hydrogen) atoms. The first-order valence-electron chi connectivity index (χ1n) is 8.42. The van der Waals surface area contributed by atoms with Gasteiger partial charge in [0.2, 0.25) is 11.8 Å². The Morgan fingerprint density at radius 3 is 2.42 bits per heavy atom. The smallest absolute Gasteiger partial charge is 0.233 e. The fourth-order valence-corrected chi connectivity index (χ4v) is 3.79. The zero-order valence-corrected chi connectivity index (χ0v) is 14.2. The van der Waals surface area contributed by atoms with Crippen molar-refractivity contribution in [1.82, 2.24) is 4.90 Å². The number of hydrogen-bond acceptors (Lipinski definition) is 4. The number of aliphatic hydroxyl groups excluding tert-OH is 1. The van der Waals surface area contributed by atoms with E-state index in [9.17, 15) is 14.7 Å². The Labute approximate surface area is 146 Å². The number of β-amino-alcohol motifs (C(OH)–C–C–N with tert-alkyl or cyclic N) is 1. The maximum absolute atomic E-state index is 12.4. The summed E-state index contributed by atoms with van der Waals surface area (Å²) in [6.45, 7) is 0.342. The van der Waals surface area contributed by atoms with Gasteiger partial charge in [-0.05, 0) is 24.5 Å². The van der Waals surface area contributed by atoms with Crippen LogP contribution in [0.4, 0.5) is 0 Å². The minimum absolute atomic E-state index is 0.00713. The molecule has 3 unspecified atom stereocenters. The molecule has 1 aliphatic heterocycles. The quantitative estimate of drug-likeness (QED) is 0.799. The number of aliphatic hydroxyl groups is 1. The number of benzene rings is 1. The second-order valence-electron chi connectivity index (χ2n) is 6.54. The van der Waals surface area contributed by atoms with Crippen molar-refractivity contribution in [1.29, 1.82) is 0 Å². The van der Waals surface area contributed by atoms with Crippen LogP contribution in [0.1, 0.15) is 31.2 Å². The van der Waals surface area contributed by atoms with Crippen molar-refractivity contribution in [2.24, 2.45) is 11.8 Å². The number of carbonyl (C=O) groups is 2. The van der Waals surface area contributed by atoms with Gasteiger partial charge in [-0.2, -0.15) is 0 Å². The third-order valence-corrected chi connectivity index (χ3v) is 5.22. The molecule has 6 heteroatoms. The molecule has 1 saturated carbocycles. The lowest BCUT2D eigenvalue weighted by atomic mass is 9.81. The van der Waals surface area contributed by atoms with Gasteiger partial charge in [0.15, 0.2) is 0 Å². The number of fused-ring (bicyclic) bond motifs is 1. The van der Waals surface area contributed by atoms with Crippen molar-refractivity contribution in [2.45, 2.75) is 38.4 Å². The Morgan fingerprint density at radius 2 is 1.79 bits per heavy atom. The highest BCUT2D eigenvalue weighted by molar-refractivity contribution is 6.31. The average molecular weight is 352 g/mol. The van der Waals surface area contributed by atoms with Crippen LogP contribution in [-0.2, 0) is 20.9 Å². The van der Waals surface area contributed by atoms with Crippen LogP contribution in [-0.4, -0.2) is 41.1 Å². The van der Waals surface area contributed by atoms with E-state index in [1.165, 1.54) is 4.90 Å². The van der Waals surface area contributed by atoms with Crippen molar-refractivity contribution < 1.29 is 19.4 Å². The van der Waals surface area contributed by atoms with Crippen LogP contribution < -0.4 is 0 Å². The molecule has 3 rings (SSSR count). The van der Waals surface area contributed by atoms with E-state index in [2.05, 4.69) is 0 Å².